The molecule has 4 atom stereocenters. The first-order valence-corrected chi connectivity index (χ1v) is 11.9. The van der Waals surface area contributed by atoms with Gasteiger partial charge in [-0.15, -0.1) is 0 Å². The molecule has 3 aromatic rings. The molecule has 1 aromatic carbocycles. The molecule has 5 rings (SSSR count). The van der Waals surface area contributed by atoms with Crippen molar-refractivity contribution in [2.75, 3.05) is 4.90 Å². The van der Waals surface area contributed by atoms with Crippen LogP contribution in [0.3, 0.4) is 0 Å². The Morgan fingerprint density at radius 3 is 2.61 bits per heavy atom. The number of halogens is 1. The number of fused-ring (bicyclic) bond motifs is 3. The second kappa shape index (κ2) is 8.66. The van der Waals surface area contributed by atoms with Crippen molar-refractivity contribution in [3.63, 3.8) is 0 Å². The number of pyridine rings is 1. The third kappa shape index (κ3) is 4.08. The quantitative estimate of drug-likeness (QED) is 0.489. The molecular weight excluding hydrogens is 456 g/mol. The molecule has 2 amide bonds. The second-order valence-electron chi connectivity index (χ2n) is 10.5. The monoisotopic (exact) mass is 480 g/mol. The maximum Gasteiger partial charge on any atom is 0.275 e. The van der Waals surface area contributed by atoms with E-state index in [9.17, 15) is 19.2 Å². The minimum absolute atomic E-state index is 0.0575. The molecule has 12 heteroatoms. The summed E-state index contributed by atoms with van der Waals surface area (Å²) in [7, 11) is 5.70. The van der Waals surface area contributed by atoms with Gasteiger partial charge in [-0.3, -0.25) is 14.3 Å². The van der Waals surface area contributed by atoms with Crippen LogP contribution in [-0.2, 0) is 11.3 Å². The van der Waals surface area contributed by atoms with Gasteiger partial charge >= 0.3 is 0 Å². The van der Waals surface area contributed by atoms with E-state index in [4.69, 9.17) is 0 Å². The van der Waals surface area contributed by atoms with Crippen molar-refractivity contribution in [1.82, 2.24) is 20.1 Å². The van der Waals surface area contributed by atoms with Gasteiger partial charge in [0.15, 0.2) is 11.5 Å². The molecule has 0 spiro atoms. The Hall–Kier alpha value is -3.87. The summed E-state index contributed by atoms with van der Waals surface area (Å²) in [4.78, 5) is 33.3. The van der Waals surface area contributed by atoms with Crippen molar-refractivity contribution in [1.29, 1.82) is 5.26 Å². The number of rotatable bonds is 5. The summed E-state index contributed by atoms with van der Waals surface area (Å²) in [5.74, 6) is -2.03. The predicted octanol–water partition coefficient (Wildman–Crippen LogP) is -0.658. The van der Waals surface area contributed by atoms with E-state index in [1.54, 1.807) is 17.0 Å². The largest absolute Gasteiger partial charge is 0.338 e. The summed E-state index contributed by atoms with van der Waals surface area (Å²) in [5, 5.41) is 15.7. The number of nitrogens with zero attached hydrogens (tertiary/aromatic N) is 5. The van der Waals surface area contributed by atoms with Gasteiger partial charge in [0.1, 0.15) is 41.3 Å². The Kier molecular flexibility index (Phi) is 5.74. The molecular formula is C24H24B3FN6O2. The molecule has 0 radical (unpaired) electrons. The van der Waals surface area contributed by atoms with E-state index >= 15 is 0 Å². The van der Waals surface area contributed by atoms with E-state index in [0.29, 0.717) is 17.9 Å². The van der Waals surface area contributed by atoms with Gasteiger partial charge in [-0.1, -0.05) is 37.3 Å². The molecule has 8 nitrogen and oxygen atoms in total. The van der Waals surface area contributed by atoms with Crippen LogP contribution >= 0.6 is 0 Å². The second-order valence-corrected chi connectivity index (χ2v) is 10.5. The van der Waals surface area contributed by atoms with Crippen molar-refractivity contribution < 1.29 is 14.0 Å². The van der Waals surface area contributed by atoms with Gasteiger partial charge in [0, 0.05) is 11.8 Å². The molecule has 1 N–H and O–H groups in total. The molecule has 3 heterocycles. The molecule has 1 aliphatic heterocycles. The van der Waals surface area contributed by atoms with Crippen LogP contribution in [0.2, 0.25) is 0 Å². The van der Waals surface area contributed by atoms with Gasteiger partial charge in [-0.2, -0.15) is 10.4 Å². The van der Waals surface area contributed by atoms with E-state index in [2.05, 4.69) is 21.5 Å². The highest BCUT2D eigenvalue weighted by atomic mass is 19.1. The lowest BCUT2D eigenvalue weighted by atomic mass is 9.48. The fraction of sp³-hybridized carbons (Fsp3) is 0.292. The number of carbonyl (C=O) groups is 2. The third-order valence-electron chi connectivity index (χ3n) is 6.97. The normalized spacial score (nSPS) is 22.7. The van der Waals surface area contributed by atoms with Crippen LogP contribution in [0.1, 0.15) is 40.3 Å². The van der Waals surface area contributed by atoms with Gasteiger partial charge in [0.25, 0.3) is 5.91 Å². The Labute approximate surface area is 211 Å². The Bertz CT molecular complexity index is 1400. The van der Waals surface area contributed by atoms with Crippen LogP contribution in [-0.4, -0.2) is 61.4 Å². The number of amides is 2. The van der Waals surface area contributed by atoms with Gasteiger partial charge in [-0.05, 0) is 28.9 Å². The predicted molar refractivity (Wildman–Crippen MR) is 139 cm³/mol. The average Bonchev–Trinajstić information content (AvgIpc) is 3.38. The lowest BCUT2D eigenvalue weighted by Gasteiger charge is -2.38. The zero-order valence-corrected chi connectivity index (χ0v) is 20.6. The Morgan fingerprint density at radius 1 is 1.22 bits per heavy atom. The lowest BCUT2D eigenvalue weighted by Crippen LogP contribution is -2.60. The first-order chi connectivity index (χ1) is 17.1. The zero-order chi connectivity index (χ0) is 25.8. The van der Waals surface area contributed by atoms with Crippen LogP contribution < -0.4 is 10.2 Å². The van der Waals surface area contributed by atoms with Crippen LogP contribution in [0.25, 0.3) is 0 Å². The lowest BCUT2D eigenvalue weighted by molar-refractivity contribution is -0.121. The third-order valence-corrected chi connectivity index (χ3v) is 6.97. The van der Waals surface area contributed by atoms with E-state index < -0.39 is 23.0 Å². The van der Waals surface area contributed by atoms with E-state index in [0.717, 1.165) is 5.56 Å². The number of anilines is 1. The molecule has 178 valence electrons. The fourth-order valence-corrected chi connectivity index (χ4v) is 5.28. The van der Waals surface area contributed by atoms with Crippen molar-refractivity contribution in [2.24, 2.45) is 11.8 Å². The van der Waals surface area contributed by atoms with E-state index in [1.165, 1.54) is 10.9 Å². The number of aromatic nitrogens is 3. The molecule has 3 unspecified atom stereocenters. The topological polar surface area (TPSA) is 104 Å². The molecule has 2 aromatic heterocycles. The van der Waals surface area contributed by atoms with Crippen LogP contribution in [0.4, 0.5) is 10.1 Å². The van der Waals surface area contributed by atoms with Crippen molar-refractivity contribution in [3.8, 4) is 6.07 Å². The molecule has 0 saturated heterocycles. The van der Waals surface area contributed by atoms with Gasteiger partial charge in [0.2, 0.25) is 5.91 Å². The maximum absolute atomic E-state index is 14.8. The highest BCUT2D eigenvalue weighted by Gasteiger charge is 2.60. The van der Waals surface area contributed by atoms with E-state index in [1.807, 2.05) is 60.8 Å². The average molecular weight is 480 g/mol. The highest BCUT2D eigenvalue weighted by molar-refractivity contribution is 6.62. The van der Waals surface area contributed by atoms with E-state index in [-0.39, 0.29) is 35.0 Å². The summed E-state index contributed by atoms with van der Waals surface area (Å²) in [6, 6.07) is 14.0. The maximum atomic E-state index is 14.8. The minimum Gasteiger partial charge on any atom is -0.338 e. The molecule has 0 bridgehead atoms. The van der Waals surface area contributed by atoms with Gasteiger partial charge in [-0.25, -0.2) is 9.37 Å². The van der Waals surface area contributed by atoms with Crippen molar-refractivity contribution >= 4 is 41.0 Å². The number of hydrogen-bond donors (Lipinski definition) is 1. The SMILES string of the molecule is BC(B)(B)N1C(=O)[C@@H](NC(=O)c2nn(Cc3ccccc3)cc2F)C2C(C)C2c2nc(C#N)ccc21. The molecule has 1 fully saturated rings. The Morgan fingerprint density at radius 2 is 1.94 bits per heavy atom. The zero-order valence-electron chi connectivity index (χ0n) is 20.6. The van der Waals surface area contributed by atoms with Crippen LogP contribution in [0, 0.1) is 29.0 Å². The summed E-state index contributed by atoms with van der Waals surface area (Å²) in [6.07, 6.45) is 1.18. The van der Waals surface area contributed by atoms with Crippen LogP contribution in [0.5, 0.6) is 0 Å². The summed E-state index contributed by atoms with van der Waals surface area (Å²) < 4.78 is 16.1. The smallest absolute Gasteiger partial charge is 0.275 e. The number of nitrogens with one attached hydrogen (secondary N) is 1. The minimum atomic E-state index is -0.880. The summed E-state index contributed by atoms with van der Waals surface area (Å²) in [5.41, 5.74) is 2.17. The van der Waals surface area contributed by atoms with Crippen LogP contribution in [0.15, 0.2) is 48.7 Å². The first-order valence-electron chi connectivity index (χ1n) is 11.9. The molecule has 1 aliphatic carbocycles. The molecule has 1 saturated carbocycles. The number of hydrogen-bond acceptors (Lipinski definition) is 5. The summed E-state index contributed by atoms with van der Waals surface area (Å²) in [6.45, 7) is 2.31. The van der Waals surface area contributed by atoms with Crippen molar-refractivity contribution in [3.05, 3.63) is 77.1 Å². The summed E-state index contributed by atoms with van der Waals surface area (Å²) >= 11 is 0. The number of benzene rings is 1. The Balaban J connectivity index is 1.46. The standard InChI is InChI=1S/C24H24B3FN6O2/c1-12-17-18(12)21(23(36)34(24(25,26)27)16-8-7-14(9-29)30-20(16)17)31-22(35)19-15(28)11-33(32-19)10-13-5-3-2-4-6-13/h2-8,11-12,17-18,21H,10,25-27H2,1H3,(H,31,35)/t12?,17?,18?,21-/m0/s1. The van der Waals surface area contributed by atoms with Crippen molar-refractivity contribution in [2.45, 2.75) is 30.7 Å². The molecule has 36 heavy (non-hydrogen) atoms. The van der Waals surface area contributed by atoms with Gasteiger partial charge < -0.3 is 10.2 Å². The molecule has 2 aliphatic rings. The fourth-order valence-electron chi connectivity index (χ4n) is 5.28. The number of carbonyl (C=O) groups excluding carboxylic acids is 2. The highest BCUT2D eigenvalue weighted by Crippen LogP contribution is 2.59. The first kappa shape index (κ1) is 23.9. The number of nitriles is 1. The van der Waals surface area contributed by atoms with Gasteiger partial charge in [0.05, 0.1) is 24.1 Å².